The normalized spacial score (nSPS) is 9.79. The molecular formula is C10H13NO3. The molecule has 1 aromatic carbocycles. The lowest BCUT2D eigenvalue weighted by molar-refractivity contribution is -0.119. The highest BCUT2D eigenvalue weighted by molar-refractivity contribution is 5.75. The number of amides is 1. The standard InChI is InChI=1S/C10H13NO3/c1-13-6-8-3-2-4-9(5-8)14-7-10(11)12/h2-5H,6-7H2,1H3,(H2,11,12). The quantitative estimate of drug-likeness (QED) is 0.752. The van der Waals surface area contributed by atoms with Crippen LogP contribution in [-0.2, 0) is 16.1 Å². The number of hydrogen-bond acceptors (Lipinski definition) is 3. The average molecular weight is 195 g/mol. The van der Waals surface area contributed by atoms with Crippen molar-refractivity contribution in [2.45, 2.75) is 6.61 Å². The average Bonchev–Trinajstić information content (AvgIpc) is 2.16. The van der Waals surface area contributed by atoms with Crippen LogP contribution >= 0.6 is 0 Å². The fourth-order valence-corrected chi connectivity index (χ4v) is 1.05. The second kappa shape index (κ2) is 5.24. The molecule has 0 radical (unpaired) electrons. The van der Waals surface area contributed by atoms with Crippen LogP contribution in [0.4, 0.5) is 0 Å². The van der Waals surface area contributed by atoms with Gasteiger partial charge in [-0.05, 0) is 17.7 Å². The van der Waals surface area contributed by atoms with E-state index in [0.29, 0.717) is 12.4 Å². The van der Waals surface area contributed by atoms with Gasteiger partial charge in [0.1, 0.15) is 5.75 Å². The highest BCUT2D eigenvalue weighted by atomic mass is 16.5. The molecule has 4 nitrogen and oxygen atoms in total. The summed E-state index contributed by atoms with van der Waals surface area (Å²) in [5, 5.41) is 0. The molecule has 0 aliphatic heterocycles. The monoisotopic (exact) mass is 195 g/mol. The molecule has 0 aromatic heterocycles. The molecule has 4 heteroatoms. The summed E-state index contributed by atoms with van der Waals surface area (Å²) in [6.45, 7) is 0.421. The highest BCUT2D eigenvalue weighted by Gasteiger charge is 1.98. The Morgan fingerprint density at radius 3 is 2.93 bits per heavy atom. The van der Waals surface area contributed by atoms with Crippen LogP contribution in [0.25, 0.3) is 0 Å². The summed E-state index contributed by atoms with van der Waals surface area (Å²) in [7, 11) is 1.62. The molecule has 0 spiro atoms. The van der Waals surface area contributed by atoms with Gasteiger partial charge in [0.05, 0.1) is 6.61 Å². The summed E-state index contributed by atoms with van der Waals surface area (Å²) in [5.74, 6) is 0.139. The first-order valence-electron chi connectivity index (χ1n) is 4.21. The number of carbonyl (C=O) groups excluding carboxylic acids is 1. The summed E-state index contributed by atoms with van der Waals surface area (Å²) in [5.41, 5.74) is 5.94. The van der Waals surface area contributed by atoms with E-state index in [-0.39, 0.29) is 6.61 Å². The molecule has 1 rings (SSSR count). The number of benzene rings is 1. The second-order valence-corrected chi connectivity index (χ2v) is 2.84. The molecule has 0 fully saturated rings. The molecule has 0 atom stereocenters. The minimum absolute atomic E-state index is 0.101. The van der Waals surface area contributed by atoms with Crippen molar-refractivity contribution < 1.29 is 14.3 Å². The zero-order valence-electron chi connectivity index (χ0n) is 8.03. The Balaban J connectivity index is 2.58. The van der Waals surface area contributed by atoms with E-state index in [1.54, 1.807) is 13.2 Å². The van der Waals surface area contributed by atoms with Crippen molar-refractivity contribution in [3.05, 3.63) is 29.8 Å². The summed E-state index contributed by atoms with van der Waals surface area (Å²) < 4.78 is 10.1. The van der Waals surface area contributed by atoms with Crippen molar-refractivity contribution >= 4 is 5.91 Å². The fourth-order valence-electron chi connectivity index (χ4n) is 1.05. The van der Waals surface area contributed by atoms with E-state index < -0.39 is 5.91 Å². The van der Waals surface area contributed by atoms with Gasteiger partial charge >= 0.3 is 0 Å². The highest BCUT2D eigenvalue weighted by Crippen LogP contribution is 2.13. The Kier molecular flexibility index (Phi) is 3.94. The Bertz CT molecular complexity index is 312. The lowest BCUT2D eigenvalue weighted by Crippen LogP contribution is -2.20. The predicted octanol–water partition coefficient (Wildman–Crippen LogP) is 0.697. The van der Waals surface area contributed by atoms with Crippen LogP contribution in [0, 0.1) is 0 Å². The Morgan fingerprint density at radius 1 is 1.50 bits per heavy atom. The molecule has 1 amide bonds. The van der Waals surface area contributed by atoms with E-state index in [1.165, 1.54) is 0 Å². The number of carbonyl (C=O) groups is 1. The fraction of sp³-hybridized carbons (Fsp3) is 0.300. The number of primary amides is 1. The molecule has 0 bridgehead atoms. The van der Waals surface area contributed by atoms with E-state index in [0.717, 1.165) is 5.56 Å². The van der Waals surface area contributed by atoms with Gasteiger partial charge in [-0.1, -0.05) is 12.1 Å². The zero-order valence-corrected chi connectivity index (χ0v) is 8.03. The largest absolute Gasteiger partial charge is 0.484 e. The summed E-state index contributed by atoms with van der Waals surface area (Å²) in [6, 6.07) is 7.33. The molecule has 0 saturated heterocycles. The van der Waals surface area contributed by atoms with Crippen LogP contribution in [0.15, 0.2) is 24.3 Å². The van der Waals surface area contributed by atoms with Gasteiger partial charge in [0, 0.05) is 7.11 Å². The molecule has 1 aromatic rings. The molecule has 0 unspecified atom stereocenters. The summed E-state index contributed by atoms with van der Waals surface area (Å²) in [4.78, 5) is 10.5. The molecular weight excluding hydrogens is 182 g/mol. The van der Waals surface area contributed by atoms with Gasteiger partial charge in [-0.25, -0.2) is 0 Å². The number of methoxy groups -OCH3 is 1. The Hall–Kier alpha value is -1.55. The minimum Gasteiger partial charge on any atom is -0.484 e. The van der Waals surface area contributed by atoms with Gasteiger partial charge in [0.2, 0.25) is 0 Å². The van der Waals surface area contributed by atoms with Crippen molar-refractivity contribution in [3.8, 4) is 5.75 Å². The van der Waals surface area contributed by atoms with Crippen LogP contribution in [0.3, 0.4) is 0 Å². The minimum atomic E-state index is -0.484. The molecule has 0 saturated carbocycles. The number of ether oxygens (including phenoxy) is 2. The van der Waals surface area contributed by atoms with Crippen molar-refractivity contribution in [3.63, 3.8) is 0 Å². The summed E-state index contributed by atoms with van der Waals surface area (Å²) >= 11 is 0. The van der Waals surface area contributed by atoms with E-state index in [2.05, 4.69) is 0 Å². The zero-order chi connectivity index (χ0) is 10.4. The first-order chi connectivity index (χ1) is 6.72. The predicted molar refractivity (Wildman–Crippen MR) is 51.8 cm³/mol. The third-order valence-corrected chi connectivity index (χ3v) is 1.59. The number of nitrogens with two attached hydrogens (primary N) is 1. The number of hydrogen-bond donors (Lipinski definition) is 1. The van der Waals surface area contributed by atoms with Crippen molar-refractivity contribution in [1.29, 1.82) is 0 Å². The first kappa shape index (κ1) is 10.5. The van der Waals surface area contributed by atoms with E-state index in [9.17, 15) is 4.79 Å². The number of rotatable bonds is 5. The molecule has 2 N–H and O–H groups in total. The van der Waals surface area contributed by atoms with Crippen LogP contribution < -0.4 is 10.5 Å². The van der Waals surface area contributed by atoms with Crippen LogP contribution in [-0.4, -0.2) is 19.6 Å². The van der Waals surface area contributed by atoms with Crippen LogP contribution in [0.5, 0.6) is 5.75 Å². The van der Waals surface area contributed by atoms with Crippen LogP contribution in [0.1, 0.15) is 5.56 Å². The maximum absolute atomic E-state index is 10.5. The second-order valence-electron chi connectivity index (χ2n) is 2.84. The van der Waals surface area contributed by atoms with Crippen molar-refractivity contribution in [2.24, 2.45) is 5.73 Å². The topological polar surface area (TPSA) is 61.6 Å². The van der Waals surface area contributed by atoms with E-state index in [1.807, 2.05) is 18.2 Å². The molecule has 0 aliphatic carbocycles. The van der Waals surface area contributed by atoms with E-state index in [4.69, 9.17) is 15.2 Å². The maximum atomic E-state index is 10.5. The summed E-state index contributed by atoms with van der Waals surface area (Å²) in [6.07, 6.45) is 0. The lowest BCUT2D eigenvalue weighted by Gasteiger charge is -2.05. The van der Waals surface area contributed by atoms with Crippen LogP contribution in [0.2, 0.25) is 0 Å². The third-order valence-electron chi connectivity index (χ3n) is 1.59. The smallest absolute Gasteiger partial charge is 0.255 e. The van der Waals surface area contributed by atoms with Gasteiger partial charge in [0.15, 0.2) is 6.61 Å². The Morgan fingerprint density at radius 2 is 2.29 bits per heavy atom. The molecule has 0 heterocycles. The first-order valence-corrected chi connectivity index (χ1v) is 4.21. The van der Waals surface area contributed by atoms with Gasteiger partial charge in [0.25, 0.3) is 5.91 Å². The van der Waals surface area contributed by atoms with Crippen molar-refractivity contribution in [2.75, 3.05) is 13.7 Å². The van der Waals surface area contributed by atoms with Gasteiger partial charge in [-0.3, -0.25) is 4.79 Å². The maximum Gasteiger partial charge on any atom is 0.255 e. The third kappa shape index (κ3) is 3.45. The Labute approximate surface area is 82.6 Å². The van der Waals surface area contributed by atoms with Gasteiger partial charge in [-0.15, -0.1) is 0 Å². The SMILES string of the molecule is COCc1cccc(OCC(N)=O)c1. The lowest BCUT2D eigenvalue weighted by atomic mass is 10.2. The molecule has 76 valence electrons. The molecule has 14 heavy (non-hydrogen) atoms. The van der Waals surface area contributed by atoms with Gasteiger partial charge < -0.3 is 15.2 Å². The van der Waals surface area contributed by atoms with Gasteiger partial charge in [-0.2, -0.15) is 0 Å². The van der Waals surface area contributed by atoms with Crippen molar-refractivity contribution in [1.82, 2.24) is 0 Å². The van der Waals surface area contributed by atoms with E-state index >= 15 is 0 Å². The molecule has 0 aliphatic rings.